The van der Waals surface area contributed by atoms with Gasteiger partial charge in [0.05, 0.1) is 5.75 Å². The lowest BCUT2D eigenvalue weighted by Crippen LogP contribution is -2.48. The van der Waals surface area contributed by atoms with Gasteiger partial charge in [-0.2, -0.15) is 0 Å². The minimum Gasteiger partial charge on any atom is -0.455 e. The van der Waals surface area contributed by atoms with Crippen molar-refractivity contribution in [3.8, 4) is 0 Å². The average molecular weight is 441 g/mol. The van der Waals surface area contributed by atoms with Gasteiger partial charge in [-0.25, -0.2) is 4.39 Å². The number of rotatable bonds is 6. The molecule has 2 aromatic carbocycles. The van der Waals surface area contributed by atoms with Gasteiger partial charge < -0.3 is 14.2 Å². The SMILES string of the molecule is Cc1ccc(C[S@](=O)Cc2ccc(C(=O)N3CCN(c4ccc(F)cc4)CC3)o2)cc1. The molecule has 162 valence electrons. The number of hydrogen-bond donors (Lipinski definition) is 0. The van der Waals surface area contributed by atoms with Crippen molar-refractivity contribution in [2.24, 2.45) is 0 Å². The smallest absolute Gasteiger partial charge is 0.289 e. The minimum absolute atomic E-state index is 0.158. The summed E-state index contributed by atoms with van der Waals surface area (Å²) in [5.74, 6) is 1.14. The summed E-state index contributed by atoms with van der Waals surface area (Å²) < 4.78 is 31.3. The predicted molar refractivity (Wildman–Crippen MR) is 120 cm³/mol. The number of amides is 1. The number of hydrogen-bond acceptors (Lipinski definition) is 4. The standard InChI is InChI=1S/C24H25FN2O3S/c1-18-2-4-19(5-3-18)16-31(29)17-22-10-11-23(30-22)24(28)27-14-12-26(13-15-27)21-8-6-20(25)7-9-21/h2-11H,12-17H2,1H3/t31-/m0/s1. The quantitative estimate of drug-likeness (QED) is 0.578. The van der Waals surface area contributed by atoms with Crippen LogP contribution in [0.5, 0.6) is 0 Å². The number of halogens is 1. The molecule has 1 amide bonds. The van der Waals surface area contributed by atoms with E-state index in [0.29, 0.717) is 37.7 Å². The fourth-order valence-electron chi connectivity index (χ4n) is 3.63. The second-order valence-electron chi connectivity index (χ2n) is 7.74. The number of carbonyl (C=O) groups is 1. The van der Waals surface area contributed by atoms with Crippen molar-refractivity contribution >= 4 is 22.4 Å². The van der Waals surface area contributed by atoms with Gasteiger partial charge in [0, 0.05) is 48.4 Å². The number of benzene rings is 2. The molecule has 1 saturated heterocycles. The van der Waals surface area contributed by atoms with Crippen LogP contribution in [0.15, 0.2) is 65.1 Å². The van der Waals surface area contributed by atoms with Gasteiger partial charge in [-0.15, -0.1) is 0 Å². The Kier molecular flexibility index (Phi) is 6.51. The largest absolute Gasteiger partial charge is 0.455 e. The molecule has 2 heterocycles. The fourth-order valence-corrected chi connectivity index (χ4v) is 4.76. The van der Waals surface area contributed by atoms with Gasteiger partial charge in [0.25, 0.3) is 5.91 Å². The lowest BCUT2D eigenvalue weighted by Gasteiger charge is -2.35. The second-order valence-corrected chi connectivity index (χ2v) is 9.19. The molecular weight excluding hydrogens is 415 g/mol. The van der Waals surface area contributed by atoms with Crippen molar-refractivity contribution in [1.29, 1.82) is 0 Å². The van der Waals surface area contributed by atoms with Crippen molar-refractivity contribution in [3.05, 3.63) is 89.1 Å². The molecule has 0 unspecified atom stereocenters. The molecule has 1 aromatic heterocycles. The van der Waals surface area contributed by atoms with Crippen LogP contribution in [-0.2, 0) is 22.3 Å². The summed E-state index contributed by atoms with van der Waals surface area (Å²) >= 11 is 0. The third kappa shape index (κ3) is 5.41. The normalized spacial score (nSPS) is 15.2. The highest BCUT2D eigenvalue weighted by Gasteiger charge is 2.24. The summed E-state index contributed by atoms with van der Waals surface area (Å²) in [5.41, 5.74) is 3.14. The molecule has 0 N–H and O–H groups in total. The van der Waals surface area contributed by atoms with Crippen LogP contribution in [0.2, 0.25) is 0 Å². The molecule has 0 aliphatic carbocycles. The van der Waals surface area contributed by atoms with E-state index in [4.69, 9.17) is 4.42 Å². The van der Waals surface area contributed by atoms with Crippen molar-refractivity contribution < 1.29 is 17.8 Å². The summed E-state index contributed by atoms with van der Waals surface area (Å²) in [6, 6.07) is 17.8. The van der Waals surface area contributed by atoms with Gasteiger partial charge in [-0.3, -0.25) is 9.00 Å². The van der Waals surface area contributed by atoms with Gasteiger partial charge in [0.15, 0.2) is 5.76 Å². The van der Waals surface area contributed by atoms with Gasteiger partial charge in [0.1, 0.15) is 11.6 Å². The summed E-state index contributed by atoms with van der Waals surface area (Å²) in [6.45, 7) is 4.49. The summed E-state index contributed by atoms with van der Waals surface area (Å²) in [5, 5.41) is 0. The molecule has 4 rings (SSSR count). The minimum atomic E-state index is -1.11. The lowest BCUT2D eigenvalue weighted by atomic mass is 10.2. The Hall–Kier alpha value is -2.93. The fraction of sp³-hybridized carbons (Fsp3) is 0.292. The summed E-state index contributed by atoms with van der Waals surface area (Å²) in [4.78, 5) is 16.7. The Balaban J connectivity index is 1.30. The zero-order valence-electron chi connectivity index (χ0n) is 17.4. The van der Waals surface area contributed by atoms with Crippen molar-refractivity contribution in [1.82, 2.24) is 4.90 Å². The van der Waals surface area contributed by atoms with Crippen LogP contribution in [0.3, 0.4) is 0 Å². The van der Waals surface area contributed by atoms with Crippen LogP contribution in [0.4, 0.5) is 10.1 Å². The molecule has 0 saturated carbocycles. The summed E-state index contributed by atoms with van der Waals surface area (Å²) in [6.07, 6.45) is 0. The maximum Gasteiger partial charge on any atom is 0.289 e. The molecule has 1 aliphatic heterocycles. The average Bonchev–Trinajstić information content (AvgIpc) is 3.24. The molecule has 0 bridgehead atoms. The molecular formula is C24H25FN2O3S. The van der Waals surface area contributed by atoms with Gasteiger partial charge in [0.2, 0.25) is 0 Å². The summed E-state index contributed by atoms with van der Waals surface area (Å²) in [7, 11) is -1.11. The van der Waals surface area contributed by atoms with E-state index in [0.717, 1.165) is 11.3 Å². The molecule has 31 heavy (non-hydrogen) atoms. The maximum absolute atomic E-state index is 13.1. The highest BCUT2D eigenvalue weighted by molar-refractivity contribution is 7.83. The Bertz CT molecular complexity index is 1060. The first-order chi connectivity index (χ1) is 15.0. The molecule has 5 nitrogen and oxygen atoms in total. The van der Waals surface area contributed by atoms with E-state index in [1.807, 2.05) is 31.2 Å². The third-order valence-corrected chi connectivity index (χ3v) is 6.64. The van der Waals surface area contributed by atoms with Gasteiger partial charge >= 0.3 is 0 Å². The number of anilines is 1. The predicted octanol–water partition coefficient (Wildman–Crippen LogP) is 4.14. The van der Waals surface area contributed by atoms with E-state index >= 15 is 0 Å². The number of aryl methyl sites for hydroxylation is 1. The third-order valence-electron chi connectivity index (χ3n) is 5.38. The number of carbonyl (C=O) groups excluding carboxylic acids is 1. The monoisotopic (exact) mass is 440 g/mol. The topological polar surface area (TPSA) is 53.8 Å². The Labute approximate surface area is 183 Å². The van der Waals surface area contributed by atoms with Gasteiger partial charge in [-0.05, 0) is 48.9 Å². The van der Waals surface area contributed by atoms with Crippen molar-refractivity contribution in [2.45, 2.75) is 18.4 Å². The number of furan rings is 1. The zero-order valence-corrected chi connectivity index (χ0v) is 18.2. The van der Waals surface area contributed by atoms with E-state index in [2.05, 4.69) is 4.90 Å². The highest BCUT2D eigenvalue weighted by atomic mass is 32.2. The van der Waals surface area contributed by atoms with E-state index in [1.54, 1.807) is 29.2 Å². The molecule has 7 heteroatoms. The van der Waals surface area contributed by atoms with E-state index < -0.39 is 10.8 Å². The van der Waals surface area contributed by atoms with Crippen LogP contribution in [0, 0.1) is 12.7 Å². The maximum atomic E-state index is 13.1. The van der Waals surface area contributed by atoms with Crippen LogP contribution < -0.4 is 4.90 Å². The Morgan fingerprint density at radius 1 is 0.935 bits per heavy atom. The van der Waals surface area contributed by atoms with Crippen LogP contribution in [0.25, 0.3) is 0 Å². The first kappa shape index (κ1) is 21.3. The van der Waals surface area contributed by atoms with Crippen molar-refractivity contribution in [2.75, 3.05) is 31.1 Å². The van der Waals surface area contributed by atoms with Crippen LogP contribution >= 0.6 is 0 Å². The number of piperazine rings is 1. The van der Waals surface area contributed by atoms with E-state index in [9.17, 15) is 13.4 Å². The van der Waals surface area contributed by atoms with Crippen LogP contribution in [-0.4, -0.2) is 41.2 Å². The molecule has 0 spiro atoms. The number of nitrogens with zero attached hydrogens (tertiary/aromatic N) is 2. The van der Waals surface area contributed by atoms with Gasteiger partial charge in [-0.1, -0.05) is 29.8 Å². The Morgan fingerprint density at radius 3 is 2.29 bits per heavy atom. The zero-order chi connectivity index (χ0) is 21.8. The Morgan fingerprint density at radius 2 is 1.61 bits per heavy atom. The lowest BCUT2D eigenvalue weighted by molar-refractivity contribution is 0.0713. The van der Waals surface area contributed by atoms with Crippen molar-refractivity contribution in [3.63, 3.8) is 0 Å². The molecule has 1 atom stereocenters. The van der Waals surface area contributed by atoms with E-state index in [1.165, 1.54) is 17.7 Å². The first-order valence-corrected chi connectivity index (χ1v) is 11.8. The molecule has 0 radical (unpaired) electrons. The second kappa shape index (κ2) is 9.47. The molecule has 3 aromatic rings. The van der Waals surface area contributed by atoms with Crippen LogP contribution in [0.1, 0.15) is 27.4 Å². The molecule has 1 fully saturated rings. The first-order valence-electron chi connectivity index (χ1n) is 10.3. The van der Waals surface area contributed by atoms with E-state index in [-0.39, 0.29) is 23.2 Å². The molecule has 1 aliphatic rings. The highest BCUT2D eigenvalue weighted by Crippen LogP contribution is 2.19.